The van der Waals surface area contributed by atoms with E-state index in [1.54, 1.807) is 13.2 Å². The molecule has 2 heterocycles. The van der Waals surface area contributed by atoms with Gasteiger partial charge in [0.05, 0.1) is 18.1 Å². The fraction of sp³-hybridized carbons (Fsp3) is 0.480. The van der Waals surface area contributed by atoms with E-state index in [-0.39, 0.29) is 17.3 Å². The van der Waals surface area contributed by atoms with E-state index in [1.807, 2.05) is 18.4 Å². The molecule has 0 aliphatic carbocycles. The van der Waals surface area contributed by atoms with Gasteiger partial charge >= 0.3 is 5.97 Å². The number of carbonyl (C=O) groups excluding carboxylic acids is 1. The first-order valence-electron chi connectivity index (χ1n) is 10.5. The molecular weight excluding hydrogens is 364 g/mol. The molecule has 1 aliphatic heterocycles. The molecule has 158 valence electrons. The van der Waals surface area contributed by atoms with E-state index in [0.717, 1.165) is 38.5 Å². The quantitative estimate of drug-likeness (QED) is 0.323. The zero-order chi connectivity index (χ0) is 21.2. The molecule has 4 nitrogen and oxygen atoms in total. The summed E-state index contributed by atoms with van der Waals surface area (Å²) in [7, 11) is 0. The number of cyclic esters (lactones) is 1. The number of carbonyl (C=O) groups is 1. The summed E-state index contributed by atoms with van der Waals surface area (Å²) in [4.78, 5) is 11.4. The number of aryl methyl sites for hydroxylation is 1. The van der Waals surface area contributed by atoms with Gasteiger partial charge in [-0.05, 0) is 89.3 Å². The maximum absolute atomic E-state index is 11.4. The molecule has 1 unspecified atom stereocenters. The van der Waals surface area contributed by atoms with E-state index in [2.05, 4.69) is 32.9 Å². The van der Waals surface area contributed by atoms with Crippen molar-refractivity contribution in [3.8, 4) is 0 Å². The smallest absolute Gasteiger partial charge is 0.343 e. The number of hydrogen-bond donors (Lipinski definition) is 1. The molecule has 0 amide bonds. The monoisotopic (exact) mass is 398 g/mol. The van der Waals surface area contributed by atoms with E-state index >= 15 is 0 Å². The van der Waals surface area contributed by atoms with Gasteiger partial charge in [-0.3, -0.25) is 0 Å². The Labute approximate surface area is 174 Å². The number of allylic oxidation sites excluding steroid dienone is 5. The summed E-state index contributed by atoms with van der Waals surface area (Å²) < 4.78 is 10.2. The summed E-state index contributed by atoms with van der Waals surface area (Å²) in [5.74, 6) is 0.0512. The van der Waals surface area contributed by atoms with Crippen molar-refractivity contribution < 1.29 is 19.1 Å². The van der Waals surface area contributed by atoms with Crippen LogP contribution in [0.2, 0.25) is 0 Å². The summed E-state index contributed by atoms with van der Waals surface area (Å²) in [6, 6.07) is 2.02. The van der Waals surface area contributed by atoms with E-state index in [0.29, 0.717) is 5.76 Å². The third-order valence-corrected chi connectivity index (χ3v) is 5.30. The van der Waals surface area contributed by atoms with Crippen LogP contribution in [0.4, 0.5) is 0 Å². The third-order valence-electron chi connectivity index (χ3n) is 5.30. The number of hydrogen-bond acceptors (Lipinski definition) is 4. The number of furan rings is 1. The van der Waals surface area contributed by atoms with Gasteiger partial charge in [0, 0.05) is 0 Å². The van der Waals surface area contributed by atoms with Crippen LogP contribution in [-0.4, -0.2) is 11.1 Å². The third kappa shape index (κ3) is 7.80. The Morgan fingerprint density at radius 1 is 1.17 bits per heavy atom. The summed E-state index contributed by atoms with van der Waals surface area (Å²) in [6.45, 7) is 8.05. The van der Waals surface area contributed by atoms with Crippen molar-refractivity contribution >= 4 is 5.97 Å². The highest BCUT2D eigenvalue weighted by molar-refractivity contribution is 5.93. The average molecular weight is 399 g/mol. The second-order valence-corrected chi connectivity index (χ2v) is 8.07. The van der Waals surface area contributed by atoms with Crippen molar-refractivity contribution in [1.29, 1.82) is 0 Å². The van der Waals surface area contributed by atoms with Crippen LogP contribution in [0.25, 0.3) is 0 Å². The first-order valence-corrected chi connectivity index (χ1v) is 10.5. The zero-order valence-corrected chi connectivity index (χ0v) is 18.2. The lowest BCUT2D eigenvalue weighted by Gasteiger charge is -2.07. The minimum atomic E-state index is -0.456. The lowest BCUT2D eigenvalue weighted by atomic mass is 10.0. The molecular formula is C25H34O4. The first kappa shape index (κ1) is 22.8. The predicted molar refractivity (Wildman–Crippen MR) is 116 cm³/mol. The Morgan fingerprint density at radius 3 is 2.45 bits per heavy atom. The Hall–Kier alpha value is -2.49. The van der Waals surface area contributed by atoms with Crippen LogP contribution < -0.4 is 0 Å². The highest BCUT2D eigenvalue weighted by Gasteiger charge is 2.26. The molecule has 29 heavy (non-hydrogen) atoms. The number of esters is 1. The summed E-state index contributed by atoms with van der Waals surface area (Å²) in [6.07, 6.45) is 17.5. The second-order valence-electron chi connectivity index (χ2n) is 8.07. The molecule has 0 bridgehead atoms. The largest absolute Gasteiger partial charge is 0.504 e. The number of aliphatic hydroxyl groups excluding tert-OH is 1. The van der Waals surface area contributed by atoms with Gasteiger partial charge in [0.25, 0.3) is 0 Å². The average Bonchev–Trinajstić information content (AvgIpc) is 3.27. The van der Waals surface area contributed by atoms with Crippen molar-refractivity contribution in [2.45, 2.75) is 72.6 Å². The van der Waals surface area contributed by atoms with Crippen molar-refractivity contribution in [2.24, 2.45) is 5.92 Å². The minimum Gasteiger partial charge on any atom is -0.504 e. The topological polar surface area (TPSA) is 59.7 Å². The van der Waals surface area contributed by atoms with Gasteiger partial charge in [-0.2, -0.15) is 0 Å². The van der Waals surface area contributed by atoms with Crippen molar-refractivity contribution in [3.05, 3.63) is 70.6 Å². The Kier molecular flexibility index (Phi) is 9.04. The number of aliphatic hydroxyl groups is 1. The molecule has 4 heteroatoms. The molecule has 0 aromatic carbocycles. The van der Waals surface area contributed by atoms with Crippen molar-refractivity contribution in [2.75, 3.05) is 0 Å². The van der Waals surface area contributed by atoms with Gasteiger partial charge < -0.3 is 14.3 Å². The highest BCUT2D eigenvalue weighted by atomic mass is 16.6. The normalized spacial score (nSPS) is 17.9. The number of rotatable bonds is 11. The van der Waals surface area contributed by atoms with Crippen LogP contribution in [0.3, 0.4) is 0 Å². The SMILES string of the molecule is CC1=C(O)/C(=C/C(C)CC/C=C(/C)CCC/C(C)=C\CCc2ccoc2)OC1=O. The van der Waals surface area contributed by atoms with Crippen LogP contribution in [0.5, 0.6) is 0 Å². The number of ether oxygens (including phenoxy) is 1. The maximum atomic E-state index is 11.4. The fourth-order valence-corrected chi connectivity index (χ4v) is 3.32. The van der Waals surface area contributed by atoms with Gasteiger partial charge in [0.15, 0.2) is 11.5 Å². The van der Waals surface area contributed by atoms with E-state index in [1.165, 1.54) is 23.1 Å². The molecule has 1 aromatic rings. The van der Waals surface area contributed by atoms with Gasteiger partial charge in [-0.1, -0.05) is 30.2 Å². The molecule has 0 radical (unpaired) electrons. The summed E-state index contributed by atoms with van der Waals surface area (Å²) >= 11 is 0. The molecule has 1 aromatic heterocycles. The van der Waals surface area contributed by atoms with Gasteiger partial charge in [0.2, 0.25) is 0 Å². The van der Waals surface area contributed by atoms with Crippen LogP contribution in [-0.2, 0) is 16.0 Å². The molecule has 1 atom stereocenters. The van der Waals surface area contributed by atoms with Crippen molar-refractivity contribution in [3.63, 3.8) is 0 Å². The van der Waals surface area contributed by atoms with E-state index in [9.17, 15) is 9.90 Å². The van der Waals surface area contributed by atoms with Crippen LogP contribution in [0.15, 0.2) is 69.5 Å². The Bertz CT molecular complexity index is 791. The standard InChI is InChI=1S/C25H34O4/c1-18(8-5-9-19(2)11-7-13-22-14-15-28-17-22)10-6-12-20(3)16-23-24(26)21(4)25(27)29-23/h10-11,14-17,20,26H,5-9,12-13H2,1-4H3/b18-10-,19-11-,23-16-. The lowest BCUT2D eigenvalue weighted by molar-refractivity contribution is -0.133. The second kappa shape index (κ2) is 11.5. The maximum Gasteiger partial charge on any atom is 0.343 e. The van der Waals surface area contributed by atoms with E-state index < -0.39 is 5.97 Å². The molecule has 2 rings (SSSR count). The van der Waals surface area contributed by atoms with E-state index in [4.69, 9.17) is 9.15 Å². The zero-order valence-electron chi connectivity index (χ0n) is 18.2. The highest BCUT2D eigenvalue weighted by Crippen LogP contribution is 2.26. The fourth-order valence-electron chi connectivity index (χ4n) is 3.32. The summed E-state index contributed by atoms with van der Waals surface area (Å²) in [5.41, 5.74) is 4.41. The summed E-state index contributed by atoms with van der Waals surface area (Å²) in [5, 5.41) is 9.88. The van der Waals surface area contributed by atoms with Crippen LogP contribution >= 0.6 is 0 Å². The molecule has 0 spiro atoms. The van der Waals surface area contributed by atoms with Crippen molar-refractivity contribution in [1.82, 2.24) is 0 Å². The first-order chi connectivity index (χ1) is 13.9. The molecule has 0 saturated carbocycles. The Balaban J connectivity index is 1.64. The molecule has 1 aliphatic rings. The molecule has 1 N–H and O–H groups in total. The van der Waals surface area contributed by atoms with Gasteiger partial charge in [0.1, 0.15) is 0 Å². The molecule has 0 saturated heterocycles. The Morgan fingerprint density at radius 2 is 1.86 bits per heavy atom. The minimum absolute atomic E-state index is 0.0261. The lowest BCUT2D eigenvalue weighted by Crippen LogP contribution is -1.97. The molecule has 0 fully saturated rings. The predicted octanol–water partition coefficient (Wildman–Crippen LogP) is 6.96. The van der Waals surface area contributed by atoms with Gasteiger partial charge in [-0.15, -0.1) is 0 Å². The van der Waals surface area contributed by atoms with Gasteiger partial charge in [-0.25, -0.2) is 4.79 Å². The van der Waals surface area contributed by atoms with Crippen LogP contribution in [0, 0.1) is 5.92 Å². The van der Waals surface area contributed by atoms with Crippen LogP contribution in [0.1, 0.15) is 71.8 Å².